The Morgan fingerprint density at radius 1 is 1.35 bits per heavy atom. The molecule has 1 amide bonds. The first kappa shape index (κ1) is 13.9. The number of phenolic OH excluding ortho intramolecular Hbond substituents is 1. The van der Waals surface area contributed by atoms with Gasteiger partial charge in [0.15, 0.2) is 0 Å². The molecule has 0 aromatic heterocycles. The summed E-state index contributed by atoms with van der Waals surface area (Å²) < 4.78 is 5.17. The summed E-state index contributed by atoms with van der Waals surface area (Å²) in [6.45, 7) is 1.99. The van der Waals surface area contributed by atoms with E-state index in [2.05, 4.69) is 5.32 Å². The summed E-state index contributed by atoms with van der Waals surface area (Å²) in [5.41, 5.74) is 0.727. The van der Waals surface area contributed by atoms with Crippen molar-refractivity contribution in [3.63, 3.8) is 0 Å². The molecule has 1 fully saturated rings. The lowest BCUT2D eigenvalue weighted by atomic mass is 10.2. The number of morpholine rings is 1. The fraction of sp³-hybridized carbons (Fsp3) is 0.286. The lowest BCUT2D eigenvalue weighted by Gasteiger charge is -2.26. The summed E-state index contributed by atoms with van der Waals surface area (Å²) in [6.07, 6.45) is 1.38. The van der Waals surface area contributed by atoms with Crippen molar-refractivity contribution in [2.24, 2.45) is 0 Å². The second-order valence-corrected chi connectivity index (χ2v) is 4.27. The molecule has 1 aliphatic heterocycles. The van der Waals surface area contributed by atoms with Crippen molar-refractivity contribution < 1.29 is 14.6 Å². The van der Waals surface area contributed by atoms with E-state index in [1.165, 1.54) is 18.3 Å². The predicted molar refractivity (Wildman–Crippen MR) is 72.8 cm³/mol. The highest BCUT2D eigenvalue weighted by Crippen LogP contribution is 2.14. The molecule has 0 radical (unpaired) electrons. The van der Waals surface area contributed by atoms with Gasteiger partial charge in [0.25, 0.3) is 5.91 Å². The van der Waals surface area contributed by atoms with E-state index in [0.717, 1.165) is 0 Å². The Bertz CT molecular complexity index is 540. The number of benzene rings is 1. The van der Waals surface area contributed by atoms with Gasteiger partial charge >= 0.3 is 0 Å². The Morgan fingerprint density at radius 3 is 2.60 bits per heavy atom. The lowest BCUT2D eigenvalue weighted by molar-refractivity contribution is -0.130. The first-order chi connectivity index (χ1) is 9.70. The van der Waals surface area contributed by atoms with E-state index in [1.54, 1.807) is 17.0 Å². The maximum Gasteiger partial charge on any atom is 0.266 e. The van der Waals surface area contributed by atoms with Gasteiger partial charge in [-0.05, 0) is 24.3 Å². The Hall–Kier alpha value is -2.52. The van der Waals surface area contributed by atoms with E-state index >= 15 is 0 Å². The van der Waals surface area contributed by atoms with Crippen LogP contribution in [0.3, 0.4) is 0 Å². The second-order valence-electron chi connectivity index (χ2n) is 4.27. The van der Waals surface area contributed by atoms with Crippen molar-refractivity contribution in [2.75, 3.05) is 31.6 Å². The van der Waals surface area contributed by atoms with Crippen molar-refractivity contribution in [3.05, 3.63) is 36.0 Å². The number of nitriles is 1. The van der Waals surface area contributed by atoms with Gasteiger partial charge in [0.2, 0.25) is 0 Å². The van der Waals surface area contributed by atoms with Gasteiger partial charge in [-0.25, -0.2) is 0 Å². The molecule has 104 valence electrons. The van der Waals surface area contributed by atoms with Gasteiger partial charge < -0.3 is 20.1 Å². The van der Waals surface area contributed by atoms with Crippen molar-refractivity contribution >= 4 is 11.6 Å². The van der Waals surface area contributed by atoms with Crippen LogP contribution in [0.5, 0.6) is 5.75 Å². The maximum absolute atomic E-state index is 12.1. The fourth-order valence-corrected chi connectivity index (χ4v) is 1.79. The van der Waals surface area contributed by atoms with Crippen LogP contribution < -0.4 is 5.32 Å². The third kappa shape index (κ3) is 3.49. The molecular weight excluding hydrogens is 258 g/mol. The van der Waals surface area contributed by atoms with Gasteiger partial charge in [-0.15, -0.1) is 0 Å². The zero-order valence-electron chi connectivity index (χ0n) is 10.9. The Labute approximate surface area is 116 Å². The van der Waals surface area contributed by atoms with Gasteiger partial charge in [0.1, 0.15) is 17.4 Å². The molecule has 1 saturated heterocycles. The smallest absolute Gasteiger partial charge is 0.266 e. The number of rotatable bonds is 3. The molecule has 6 nitrogen and oxygen atoms in total. The third-order valence-corrected chi connectivity index (χ3v) is 2.90. The molecule has 0 spiro atoms. The highest BCUT2D eigenvalue weighted by atomic mass is 16.5. The zero-order valence-corrected chi connectivity index (χ0v) is 10.9. The number of phenols is 1. The van der Waals surface area contributed by atoms with Crippen LogP contribution in [0.2, 0.25) is 0 Å². The van der Waals surface area contributed by atoms with Crippen LogP contribution in [0.4, 0.5) is 5.69 Å². The minimum atomic E-state index is -0.304. The van der Waals surface area contributed by atoms with Gasteiger partial charge in [-0.2, -0.15) is 5.26 Å². The van der Waals surface area contributed by atoms with Crippen LogP contribution in [0, 0.1) is 11.3 Å². The van der Waals surface area contributed by atoms with Crippen LogP contribution in [0.25, 0.3) is 0 Å². The molecule has 1 aromatic carbocycles. The van der Waals surface area contributed by atoms with Gasteiger partial charge in [-0.1, -0.05) is 0 Å². The predicted octanol–water partition coefficient (Wildman–Crippen LogP) is 1.07. The molecule has 2 N–H and O–H groups in total. The molecule has 6 heteroatoms. The molecule has 0 saturated carbocycles. The minimum absolute atomic E-state index is 0.0416. The fourth-order valence-electron chi connectivity index (χ4n) is 1.79. The van der Waals surface area contributed by atoms with E-state index in [9.17, 15) is 9.90 Å². The highest BCUT2D eigenvalue weighted by molar-refractivity contribution is 5.97. The zero-order chi connectivity index (χ0) is 14.4. The van der Waals surface area contributed by atoms with Crippen molar-refractivity contribution in [1.29, 1.82) is 5.26 Å². The number of nitrogens with zero attached hydrogens (tertiary/aromatic N) is 2. The number of amides is 1. The molecule has 0 unspecified atom stereocenters. The Morgan fingerprint density at radius 2 is 2.00 bits per heavy atom. The van der Waals surface area contributed by atoms with Crippen LogP contribution in [0.15, 0.2) is 36.0 Å². The summed E-state index contributed by atoms with van der Waals surface area (Å²) in [5.74, 6) is -0.147. The van der Waals surface area contributed by atoms with E-state index in [0.29, 0.717) is 32.0 Å². The topological polar surface area (TPSA) is 85.6 Å². The number of hydrogen-bond acceptors (Lipinski definition) is 5. The highest BCUT2D eigenvalue weighted by Gasteiger charge is 2.20. The number of ether oxygens (including phenoxy) is 1. The molecule has 0 bridgehead atoms. The average Bonchev–Trinajstić information content (AvgIpc) is 2.50. The first-order valence-electron chi connectivity index (χ1n) is 6.23. The summed E-state index contributed by atoms with van der Waals surface area (Å²) >= 11 is 0. The summed E-state index contributed by atoms with van der Waals surface area (Å²) in [5, 5.41) is 21.1. The number of nitrogens with one attached hydrogen (secondary N) is 1. The van der Waals surface area contributed by atoms with Crippen LogP contribution in [0.1, 0.15) is 0 Å². The molecular formula is C14H15N3O3. The SMILES string of the molecule is N#C/C(=C\Nc1ccc(O)cc1)C(=O)N1CCOCC1. The standard InChI is InChI=1S/C14H15N3O3/c15-9-11(14(19)17-5-7-20-8-6-17)10-16-12-1-3-13(18)4-2-12/h1-4,10,16,18H,5-8H2/b11-10+. The van der Waals surface area contributed by atoms with E-state index < -0.39 is 0 Å². The van der Waals surface area contributed by atoms with E-state index in [-0.39, 0.29) is 17.2 Å². The number of carbonyl (C=O) groups excluding carboxylic acids is 1. The number of anilines is 1. The van der Waals surface area contributed by atoms with E-state index in [1.807, 2.05) is 6.07 Å². The summed E-state index contributed by atoms with van der Waals surface area (Å²) in [6, 6.07) is 8.24. The Kier molecular flexibility index (Phi) is 4.58. The average molecular weight is 273 g/mol. The molecule has 1 aromatic rings. The minimum Gasteiger partial charge on any atom is -0.508 e. The molecule has 1 aliphatic rings. The third-order valence-electron chi connectivity index (χ3n) is 2.90. The van der Waals surface area contributed by atoms with Gasteiger partial charge in [0.05, 0.1) is 13.2 Å². The molecule has 0 aliphatic carbocycles. The van der Waals surface area contributed by atoms with Crippen LogP contribution in [-0.4, -0.2) is 42.2 Å². The quantitative estimate of drug-likeness (QED) is 0.489. The van der Waals surface area contributed by atoms with Crippen molar-refractivity contribution in [3.8, 4) is 11.8 Å². The van der Waals surface area contributed by atoms with E-state index in [4.69, 9.17) is 10.00 Å². The normalized spacial score (nSPS) is 15.6. The maximum atomic E-state index is 12.1. The second kappa shape index (κ2) is 6.59. The summed E-state index contributed by atoms with van der Waals surface area (Å²) in [4.78, 5) is 13.7. The molecule has 2 rings (SSSR count). The van der Waals surface area contributed by atoms with Gasteiger partial charge in [-0.3, -0.25) is 4.79 Å². The largest absolute Gasteiger partial charge is 0.508 e. The monoisotopic (exact) mass is 273 g/mol. The van der Waals surface area contributed by atoms with Crippen molar-refractivity contribution in [2.45, 2.75) is 0 Å². The molecule has 1 heterocycles. The summed E-state index contributed by atoms with van der Waals surface area (Å²) in [7, 11) is 0. The molecule has 0 atom stereocenters. The van der Waals surface area contributed by atoms with Gasteiger partial charge in [0, 0.05) is 25.0 Å². The van der Waals surface area contributed by atoms with Crippen LogP contribution >= 0.6 is 0 Å². The first-order valence-corrected chi connectivity index (χ1v) is 6.23. The lowest BCUT2D eigenvalue weighted by Crippen LogP contribution is -2.41. The number of carbonyl (C=O) groups is 1. The van der Waals surface area contributed by atoms with Crippen LogP contribution in [-0.2, 0) is 9.53 Å². The number of aromatic hydroxyl groups is 1. The molecule has 20 heavy (non-hydrogen) atoms. The number of hydrogen-bond donors (Lipinski definition) is 2. The Balaban J connectivity index is 2.03. The van der Waals surface area contributed by atoms with Crippen molar-refractivity contribution in [1.82, 2.24) is 4.90 Å².